The number of unbranched alkanes of at least 4 members (excludes halogenated alkanes) is 1. The lowest BCUT2D eigenvalue weighted by atomic mass is 10.0. The Labute approximate surface area is 123 Å². The van der Waals surface area contributed by atoms with Gasteiger partial charge in [-0.15, -0.1) is 0 Å². The Bertz CT molecular complexity index is 542. The summed E-state index contributed by atoms with van der Waals surface area (Å²) in [5, 5.41) is 0. The number of rotatable bonds is 4. The molecule has 2 nitrogen and oxygen atoms in total. The van der Waals surface area contributed by atoms with E-state index in [0.29, 0.717) is 5.69 Å². The zero-order chi connectivity index (χ0) is 15.5. The highest BCUT2D eigenvalue weighted by Gasteiger charge is 2.30. The number of hydrogen-bond acceptors (Lipinski definition) is 2. The van der Waals surface area contributed by atoms with E-state index in [1.807, 2.05) is 19.2 Å². The van der Waals surface area contributed by atoms with E-state index in [0.717, 1.165) is 43.6 Å². The number of allylic oxidation sites excluding steroid dienone is 3. The lowest BCUT2D eigenvalue weighted by Gasteiger charge is -2.26. The van der Waals surface area contributed by atoms with Crippen molar-refractivity contribution in [3.63, 3.8) is 0 Å². The van der Waals surface area contributed by atoms with Crippen molar-refractivity contribution < 1.29 is 13.2 Å². The van der Waals surface area contributed by atoms with Crippen molar-refractivity contribution in [2.45, 2.75) is 32.4 Å². The number of pyridine rings is 1. The topological polar surface area (TPSA) is 16.1 Å². The van der Waals surface area contributed by atoms with E-state index in [-0.39, 0.29) is 0 Å². The van der Waals surface area contributed by atoms with E-state index in [1.165, 1.54) is 11.8 Å². The van der Waals surface area contributed by atoms with Gasteiger partial charge in [0.25, 0.3) is 0 Å². The molecule has 0 radical (unpaired) electrons. The molecule has 0 bridgehead atoms. The average molecular weight is 296 g/mol. The van der Waals surface area contributed by atoms with Crippen LogP contribution < -0.4 is 0 Å². The summed E-state index contributed by atoms with van der Waals surface area (Å²) in [6.07, 6.45) is 3.76. The second kappa shape index (κ2) is 6.33. The Morgan fingerprint density at radius 3 is 2.62 bits per heavy atom. The number of halogens is 3. The van der Waals surface area contributed by atoms with Gasteiger partial charge in [0.05, 0.1) is 11.3 Å². The third-order valence-electron chi connectivity index (χ3n) is 3.57. The van der Waals surface area contributed by atoms with Gasteiger partial charge < -0.3 is 4.90 Å². The van der Waals surface area contributed by atoms with Crippen molar-refractivity contribution in [1.29, 1.82) is 0 Å². The molecule has 0 amide bonds. The first kappa shape index (κ1) is 15.6. The second-order valence-corrected chi connectivity index (χ2v) is 5.21. The maximum absolute atomic E-state index is 12.5. The van der Waals surface area contributed by atoms with Gasteiger partial charge in [0.15, 0.2) is 0 Å². The summed E-state index contributed by atoms with van der Waals surface area (Å²) in [7, 11) is 2.02. The molecule has 0 aromatic carbocycles. The Kier molecular flexibility index (Phi) is 4.70. The molecule has 0 atom stereocenters. The first-order chi connectivity index (χ1) is 9.91. The number of nitrogens with zero attached hydrogens (tertiary/aromatic N) is 2. The van der Waals surface area contributed by atoms with Gasteiger partial charge in [-0.3, -0.25) is 4.98 Å². The van der Waals surface area contributed by atoms with E-state index >= 15 is 0 Å². The SMILES string of the molecule is CCCCC1=CC(c2ccc(C(F)(F)F)cn2)=CCN1C. The lowest BCUT2D eigenvalue weighted by molar-refractivity contribution is -0.137. The zero-order valence-corrected chi connectivity index (χ0v) is 12.2. The molecule has 114 valence electrons. The smallest absolute Gasteiger partial charge is 0.374 e. The Morgan fingerprint density at radius 1 is 1.29 bits per heavy atom. The van der Waals surface area contributed by atoms with Crippen LogP contribution in [-0.4, -0.2) is 23.5 Å². The summed E-state index contributed by atoms with van der Waals surface area (Å²) < 4.78 is 37.6. The third-order valence-corrected chi connectivity index (χ3v) is 3.57. The maximum atomic E-state index is 12.5. The predicted octanol–water partition coefficient (Wildman–Crippen LogP) is 4.50. The monoisotopic (exact) mass is 296 g/mol. The molecule has 1 aliphatic heterocycles. The van der Waals surface area contributed by atoms with Crippen molar-refractivity contribution >= 4 is 5.57 Å². The van der Waals surface area contributed by atoms with E-state index in [9.17, 15) is 13.2 Å². The van der Waals surface area contributed by atoms with Gasteiger partial charge >= 0.3 is 6.18 Å². The van der Waals surface area contributed by atoms with Gasteiger partial charge in [-0.25, -0.2) is 0 Å². The summed E-state index contributed by atoms with van der Waals surface area (Å²) in [6, 6.07) is 2.52. The van der Waals surface area contributed by atoms with Crippen LogP contribution >= 0.6 is 0 Å². The molecular formula is C16H19F3N2. The van der Waals surface area contributed by atoms with Gasteiger partial charge in [0, 0.05) is 25.5 Å². The van der Waals surface area contributed by atoms with Crippen LogP contribution in [0.1, 0.15) is 37.4 Å². The largest absolute Gasteiger partial charge is 0.417 e. The van der Waals surface area contributed by atoms with Gasteiger partial charge in [-0.05, 0) is 36.6 Å². The Morgan fingerprint density at radius 2 is 2.05 bits per heavy atom. The Hall–Kier alpha value is -1.78. The molecule has 2 heterocycles. The van der Waals surface area contributed by atoms with Crippen LogP contribution in [0.25, 0.3) is 5.57 Å². The molecule has 0 fully saturated rings. The van der Waals surface area contributed by atoms with Crippen molar-refractivity contribution in [1.82, 2.24) is 9.88 Å². The van der Waals surface area contributed by atoms with Crippen LogP contribution in [0.3, 0.4) is 0 Å². The van der Waals surface area contributed by atoms with Gasteiger partial charge in [-0.2, -0.15) is 13.2 Å². The minimum atomic E-state index is -4.34. The highest BCUT2D eigenvalue weighted by Crippen LogP contribution is 2.30. The first-order valence-electron chi connectivity index (χ1n) is 7.07. The molecule has 5 heteroatoms. The molecule has 0 aliphatic carbocycles. The summed E-state index contributed by atoms with van der Waals surface area (Å²) in [5.74, 6) is 0. The van der Waals surface area contributed by atoms with Crippen LogP contribution in [0, 0.1) is 0 Å². The minimum Gasteiger partial charge on any atom is -0.374 e. The molecular weight excluding hydrogens is 277 g/mol. The first-order valence-corrected chi connectivity index (χ1v) is 7.07. The van der Waals surface area contributed by atoms with Crippen molar-refractivity contribution in [3.8, 4) is 0 Å². The zero-order valence-electron chi connectivity index (χ0n) is 12.2. The fraction of sp³-hybridized carbons (Fsp3) is 0.438. The van der Waals surface area contributed by atoms with Crippen LogP contribution in [-0.2, 0) is 6.18 Å². The van der Waals surface area contributed by atoms with Crippen molar-refractivity contribution in [3.05, 3.63) is 47.4 Å². The maximum Gasteiger partial charge on any atom is 0.417 e. The van der Waals surface area contributed by atoms with Gasteiger partial charge in [0.2, 0.25) is 0 Å². The highest BCUT2D eigenvalue weighted by molar-refractivity contribution is 5.73. The summed E-state index contributed by atoms with van der Waals surface area (Å²) in [4.78, 5) is 6.11. The minimum absolute atomic E-state index is 0.588. The van der Waals surface area contributed by atoms with E-state index in [4.69, 9.17) is 0 Å². The van der Waals surface area contributed by atoms with Crippen molar-refractivity contribution in [2.24, 2.45) is 0 Å². The predicted molar refractivity (Wildman–Crippen MR) is 77.5 cm³/mol. The van der Waals surface area contributed by atoms with Gasteiger partial charge in [-0.1, -0.05) is 19.4 Å². The summed E-state index contributed by atoms with van der Waals surface area (Å²) in [6.45, 7) is 2.89. The second-order valence-electron chi connectivity index (χ2n) is 5.21. The molecule has 1 aromatic heterocycles. The van der Waals surface area contributed by atoms with Crippen LogP contribution in [0.4, 0.5) is 13.2 Å². The summed E-state index contributed by atoms with van der Waals surface area (Å²) >= 11 is 0. The molecule has 0 saturated carbocycles. The quantitative estimate of drug-likeness (QED) is 0.813. The van der Waals surface area contributed by atoms with E-state index in [2.05, 4.69) is 16.8 Å². The van der Waals surface area contributed by atoms with Crippen LogP contribution in [0.5, 0.6) is 0 Å². The fourth-order valence-electron chi connectivity index (χ4n) is 2.23. The third kappa shape index (κ3) is 3.86. The van der Waals surface area contributed by atoms with Gasteiger partial charge in [0.1, 0.15) is 0 Å². The van der Waals surface area contributed by atoms with Crippen molar-refractivity contribution in [2.75, 3.05) is 13.6 Å². The molecule has 21 heavy (non-hydrogen) atoms. The van der Waals surface area contributed by atoms with Crippen LogP contribution in [0.2, 0.25) is 0 Å². The fourth-order valence-corrected chi connectivity index (χ4v) is 2.23. The molecule has 0 unspecified atom stereocenters. The number of alkyl halides is 3. The van der Waals surface area contributed by atoms with Crippen LogP contribution in [0.15, 0.2) is 36.2 Å². The number of likely N-dealkylation sites (N-methyl/N-ethyl adjacent to an activating group) is 1. The molecule has 2 rings (SSSR count). The summed E-state index contributed by atoms with van der Waals surface area (Å²) in [5.41, 5.74) is 1.98. The number of hydrogen-bond donors (Lipinski definition) is 0. The van der Waals surface area contributed by atoms with E-state index < -0.39 is 11.7 Å². The normalized spacial score (nSPS) is 15.8. The number of aromatic nitrogens is 1. The van der Waals surface area contributed by atoms with E-state index in [1.54, 1.807) is 0 Å². The average Bonchev–Trinajstić information content (AvgIpc) is 2.46. The molecule has 0 N–H and O–H groups in total. The molecule has 1 aromatic rings. The Balaban J connectivity index is 2.20. The molecule has 0 spiro atoms. The standard InChI is InChI=1S/C16H19F3N2/c1-3-4-5-14-10-12(8-9-21(14)2)15-7-6-13(11-20-15)16(17,18)19/h6-8,10-11H,3-5,9H2,1-2H3. The molecule has 1 aliphatic rings. The lowest BCUT2D eigenvalue weighted by Crippen LogP contribution is -2.21. The highest BCUT2D eigenvalue weighted by atomic mass is 19.4. The molecule has 0 saturated heterocycles.